The molecule has 1 aromatic heterocycles. The van der Waals surface area contributed by atoms with Crippen molar-refractivity contribution < 1.29 is 14.3 Å². The Morgan fingerprint density at radius 1 is 0.912 bits per heavy atom. The van der Waals surface area contributed by atoms with E-state index in [1.165, 1.54) is 23.8 Å². The van der Waals surface area contributed by atoms with E-state index in [4.69, 9.17) is 4.74 Å². The predicted molar refractivity (Wildman–Crippen MR) is 128 cm³/mol. The highest BCUT2D eigenvalue weighted by Gasteiger charge is 2.20. The minimum absolute atomic E-state index is 0.0647. The molecule has 0 unspecified atom stereocenters. The normalized spacial score (nSPS) is 10.8. The van der Waals surface area contributed by atoms with Gasteiger partial charge in [0.1, 0.15) is 6.54 Å². The van der Waals surface area contributed by atoms with Gasteiger partial charge in [-0.05, 0) is 36.8 Å². The fourth-order valence-corrected chi connectivity index (χ4v) is 3.74. The summed E-state index contributed by atoms with van der Waals surface area (Å²) in [5.41, 5.74) is 1.20. The lowest BCUT2D eigenvalue weighted by Gasteiger charge is -2.15. The highest BCUT2D eigenvalue weighted by atomic mass is 16.5. The molecular formula is C26H23N3O5. The SMILES string of the molecule is COC(=O)c1ccccc1-n1c(=O)c2ccccc2n(CC(=O)NCc2ccc(C)cc2)c1=O. The molecular weight excluding hydrogens is 434 g/mol. The molecule has 1 heterocycles. The number of nitrogens with one attached hydrogen (secondary N) is 1. The van der Waals surface area contributed by atoms with Crippen molar-refractivity contribution in [1.82, 2.24) is 14.5 Å². The molecule has 4 aromatic rings. The number of fused-ring (bicyclic) bond motifs is 1. The van der Waals surface area contributed by atoms with Gasteiger partial charge in [0.05, 0.1) is 29.3 Å². The molecule has 0 atom stereocenters. The minimum Gasteiger partial charge on any atom is -0.465 e. The molecule has 0 aliphatic carbocycles. The summed E-state index contributed by atoms with van der Waals surface area (Å²) in [6, 6.07) is 20.5. The van der Waals surface area contributed by atoms with Crippen molar-refractivity contribution in [3.63, 3.8) is 0 Å². The maximum atomic E-state index is 13.5. The van der Waals surface area contributed by atoms with E-state index in [1.54, 1.807) is 36.4 Å². The van der Waals surface area contributed by atoms with E-state index in [0.29, 0.717) is 12.1 Å². The minimum atomic E-state index is -0.731. The van der Waals surface area contributed by atoms with Crippen LogP contribution in [0.5, 0.6) is 0 Å². The first-order valence-corrected chi connectivity index (χ1v) is 10.6. The summed E-state index contributed by atoms with van der Waals surface area (Å²) < 4.78 is 6.95. The number of hydrogen-bond donors (Lipinski definition) is 1. The smallest absolute Gasteiger partial charge is 0.339 e. The van der Waals surface area contributed by atoms with Crippen LogP contribution in [0.2, 0.25) is 0 Å². The second-order valence-electron chi connectivity index (χ2n) is 7.80. The van der Waals surface area contributed by atoms with E-state index in [-0.39, 0.29) is 29.1 Å². The number of carbonyl (C=O) groups excluding carboxylic acids is 2. The number of methoxy groups -OCH3 is 1. The molecule has 172 valence electrons. The van der Waals surface area contributed by atoms with Crippen LogP contribution >= 0.6 is 0 Å². The Hall–Kier alpha value is -4.46. The highest BCUT2D eigenvalue weighted by Crippen LogP contribution is 2.15. The lowest BCUT2D eigenvalue weighted by molar-refractivity contribution is -0.121. The quantitative estimate of drug-likeness (QED) is 0.449. The fraction of sp³-hybridized carbons (Fsp3) is 0.154. The monoisotopic (exact) mass is 457 g/mol. The van der Waals surface area contributed by atoms with Gasteiger partial charge in [-0.2, -0.15) is 0 Å². The zero-order valence-electron chi connectivity index (χ0n) is 18.8. The first-order chi connectivity index (χ1) is 16.4. The molecule has 0 fully saturated rings. The second kappa shape index (κ2) is 9.58. The maximum Gasteiger partial charge on any atom is 0.339 e. The van der Waals surface area contributed by atoms with Gasteiger partial charge in [0, 0.05) is 6.54 Å². The number of rotatable bonds is 6. The second-order valence-corrected chi connectivity index (χ2v) is 7.80. The first kappa shape index (κ1) is 22.7. The third-order valence-electron chi connectivity index (χ3n) is 5.51. The van der Waals surface area contributed by atoms with Crippen LogP contribution < -0.4 is 16.6 Å². The Morgan fingerprint density at radius 2 is 1.59 bits per heavy atom. The zero-order valence-corrected chi connectivity index (χ0v) is 18.8. The molecule has 4 rings (SSSR count). The van der Waals surface area contributed by atoms with Crippen LogP contribution in [0, 0.1) is 6.92 Å². The average molecular weight is 457 g/mol. The molecule has 0 bridgehead atoms. The molecule has 0 spiro atoms. The topological polar surface area (TPSA) is 99.4 Å². The predicted octanol–water partition coefficient (Wildman–Crippen LogP) is 2.56. The van der Waals surface area contributed by atoms with Crippen molar-refractivity contribution in [1.29, 1.82) is 0 Å². The molecule has 0 aliphatic heterocycles. The Labute approximate surface area is 195 Å². The lowest BCUT2D eigenvalue weighted by Crippen LogP contribution is -2.42. The summed E-state index contributed by atoms with van der Waals surface area (Å²) in [7, 11) is 1.22. The fourth-order valence-electron chi connectivity index (χ4n) is 3.74. The molecule has 8 heteroatoms. The third-order valence-corrected chi connectivity index (χ3v) is 5.51. The number of amides is 1. The van der Waals surface area contributed by atoms with Crippen molar-refractivity contribution in [2.45, 2.75) is 20.0 Å². The Bertz CT molecular complexity index is 1500. The number of carbonyl (C=O) groups is 2. The van der Waals surface area contributed by atoms with E-state index < -0.39 is 17.2 Å². The molecule has 0 radical (unpaired) electrons. The molecule has 0 saturated heterocycles. The van der Waals surface area contributed by atoms with E-state index in [1.807, 2.05) is 31.2 Å². The Balaban J connectivity index is 1.78. The van der Waals surface area contributed by atoms with Crippen molar-refractivity contribution >= 4 is 22.8 Å². The van der Waals surface area contributed by atoms with Crippen LogP contribution in [0.4, 0.5) is 0 Å². The molecule has 1 amide bonds. The van der Waals surface area contributed by atoms with Crippen molar-refractivity contribution in [3.8, 4) is 5.69 Å². The number of aromatic nitrogens is 2. The number of esters is 1. The van der Waals surface area contributed by atoms with Gasteiger partial charge in [-0.3, -0.25) is 14.2 Å². The Morgan fingerprint density at radius 3 is 2.32 bits per heavy atom. The molecule has 0 aliphatic rings. The molecule has 34 heavy (non-hydrogen) atoms. The van der Waals surface area contributed by atoms with E-state index in [2.05, 4.69) is 5.32 Å². The van der Waals surface area contributed by atoms with Gasteiger partial charge >= 0.3 is 11.7 Å². The summed E-state index contributed by atoms with van der Waals surface area (Å²) in [5, 5.41) is 3.05. The van der Waals surface area contributed by atoms with Gasteiger partial charge in [0.15, 0.2) is 0 Å². The van der Waals surface area contributed by atoms with Gasteiger partial charge in [-0.15, -0.1) is 0 Å². The third kappa shape index (κ3) is 4.38. The number of aryl methyl sites for hydroxylation is 1. The van der Waals surface area contributed by atoms with E-state index in [0.717, 1.165) is 15.7 Å². The summed E-state index contributed by atoms with van der Waals surface area (Å²) in [6.07, 6.45) is 0. The highest BCUT2D eigenvalue weighted by molar-refractivity contribution is 5.93. The number of para-hydroxylation sites is 2. The largest absolute Gasteiger partial charge is 0.465 e. The number of benzene rings is 3. The number of ether oxygens (including phenoxy) is 1. The molecule has 3 aromatic carbocycles. The van der Waals surface area contributed by atoms with Gasteiger partial charge in [0.25, 0.3) is 5.56 Å². The number of hydrogen-bond acceptors (Lipinski definition) is 5. The van der Waals surface area contributed by atoms with E-state index in [9.17, 15) is 19.2 Å². The van der Waals surface area contributed by atoms with Crippen LogP contribution in [0.1, 0.15) is 21.5 Å². The van der Waals surface area contributed by atoms with Crippen molar-refractivity contribution in [3.05, 3.63) is 110 Å². The number of nitrogens with zero attached hydrogens (tertiary/aromatic N) is 2. The zero-order chi connectivity index (χ0) is 24.2. The van der Waals surface area contributed by atoms with Crippen LogP contribution in [0.3, 0.4) is 0 Å². The maximum absolute atomic E-state index is 13.5. The first-order valence-electron chi connectivity index (χ1n) is 10.6. The summed E-state index contributed by atoms with van der Waals surface area (Å²) in [4.78, 5) is 51.9. The summed E-state index contributed by atoms with van der Waals surface area (Å²) >= 11 is 0. The van der Waals surface area contributed by atoms with Crippen molar-refractivity contribution in [2.24, 2.45) is 0 Å². The Kier molecular flexibility index (Phi) is 6.40. The molecule has 8 nitrogen and oxygen atoms in total. The van der Waals surface area contributed by atoms with Gasteiger partial charge in [-0.1, -0.05) is 54.1 Å². The van der Waals surface area contributed by atoms with Gasteiger partial charge in [-0.25, -0.2) is 14.2 Å². The molecule has 0 saturated carbocycles. The van der Waals surface area contributed by atoms with Gasteiger partial charge in [0.2, 0.25) is 5.91 Å². The van der Waals surface area contributed by atoms with Crippen LogP contribution in [-0.4, -0.2) is 28.1 Å². The van der Waals surface area contributed by atoms with Crippen LogP contribution in [-0.2, 0) is 22.6 Å². The summed E-state index contributed by atoms with van der Waals surface area (Å²) in [5.74, 6) is -1.07. The van der Waals surface area contributed by atoms with Crippen LogP contribution in [0.15, 0.2) is 82.4 Å². The lowest BCUT2D eigenvalue weighted by atomic mass is 10.1. The summed E-state index contributed by atoms with van der Waals surface area (Å²) in [6.45, 7) is 1.98. The van der Waals surface area contributed by atoms with E-state index >= 15 is 0 Å². The standard InChI is InChI=1S/C26H23N3O5/c1-17-11-13-18(14-12-17)15-27-23(30)16-28-21-9-5-3-7-19(21)24(31)29(26(28)33)22-10-6-4-8-20(22)25(32)34-2/h3-14H,15-16H2,1-2H3,(H,27,30). The van der Waals surface area contributed by atoms with Gasteiger partial charge < -0.3 is 10.1 Å². The van der Waals surface area contributed by atoms with Crippen LogP contribution in [0.25, 0.3) is 16.6 Å². The average Bonchev–Trinajstić information content (AvgIpc) is 2.86. The van der Waals surface area contributed by atoms with Crippen molar-refractivity contribution in [2.75, 3.05) is 7.11 Å². The molecule has 1 N–H and O–H groups in total.